The highest BCUT2D eigenvalue weighted by atomic mass is 15.0. The molecule has 21 heavy (non-hydrogen) atoms. The molecule has 112 valence electrons. The van der Waals surface area contributed by atoms with Gasteiger partial charge in [-0.1, -0.05) is 24.6 Å². The smallest absolute Gasteiger partial charge is 0.162 e. The fraction of sp³-hybridized carbons (Fsp3) is 0.444. The average molecular weight is 283 g/mol. The Balaban J connectivity index is 2.65. The Bertz CT molecular complexity index is 637. The van der Waals surface area contributed by atoms with Crippen LogP contribution in [0, 0.1) is 27.7 Å². The van der Waals surface area contributed by atoms with E-state index in [0.717, 1.165) is 35.9 Å². The van der Waals surface area contributed by atoms with Crippen LogP contribution in [0.2, 0.25) is 0 Å². The van der Waals surface area contributed by atoms with Crippen LogP contribution in [-0.4, -0.2) is 16.5 Å². The van der Waals surface area contributed by atoms with E-state index in [2.05, 4.69) is 59.0 Å². The number of anilines is 1. The SMILES string of the molecule is CCNc1nc(-c2c(C)cc(C)cc2C)nc(C)c1CC. The number of nitrogens with zero attached hydrogens (tertiary/aromatic N) is 2. The Labute approximate surface area is 127 Å². The van der Waals surface area contributed by atoms with Crippen LogP contribution < -0.4 is 5.32 Å². The maximum absolute atomic E-state index is 4.79. The minimum Gasteiger partial charge on any atom is -0.370 e. The van der Waals surface area contributed by atoms with Crippen molar-refractivity contribution in [2.75, 3.05) is 11.9 Å². The van der Waals surface area contributed by atoms with Crippen LogP contribution in [0.15, 0.2) is 12.1 Å². The van der Waals surface area contributed by atoms with Gasteiger partial charge >= 0.3 is 0 Å². The summed E-state index contributed by atoms with van der Waals surface area (Å²) in [6.07, 6.45) is 0.945. The van der Waals surface area contributed by atoms with E-state index >= 15 is 0 Å². The zero-order chi connectivity index (χ0) is 15.6. The first-order valence-electron chi connectivity index (χ1n) is 7.67. The van der Waals surface area contributed by atoms with Gasteiger partial charge in [-0.15, -0.1) is 0 Å². The van der Waals surface area contributed by atoms with Gasteiger partial charge in [0.1, 0.15) is 5.82 Å². The van der Waals surface area contributed by atoms with Crippen LogP contribution in [0.3, 0.4) is 0 Å². The number of benzene rings is 1. The highest BCUT2D eigenvalue weighted by molar-refractivity contribution is 5.67. The van der Waals surface area contributed by atoms with Crippen molar-refractivity contribution in [3.05, 3.63) is 40.1 Å². The fourth-order valence-corrected chi connectivity index (χ4v) is 2.98. The third-order valence-corrected chi connectivity index (χ3v) is 3.81. The maximum Gasteiger partial charge on any atom is 0.162 e. The Morgan fingerprint density at radius 2 is 1.57 bits per heavy atom. The lowest BCUT2D eigenvalue weighted by molar-refractivity contribution is 0.986. The normalized spacial score (nSPS) is 10.8. The molecule has 0 fully saturated rings. The van der Waals surface area contributed by atoms with Gasteiger partial charge in [-0.05, 0) is 52.2 Å². The molecule has 0 radical (unpaired) electrons. The van der Waals surface area contributed by atoms with E-state index in [-0.39, 0.29) is 0 Å². The van der Waals surface area contributed by atoms with E-state index in [1.54, 1.807) is 0 Å². The molecule has 0 spiro atoms. The van der Waals surface area contributed by atoms with Crippen LogP contribution in [0.25, 0.3) is 11.4 Å². The van der Waals surface area contributed by atoms with Gasteiger partial charge in [0, 0.05) is 23.4 Å². The summed E-state index contributed by atoms with van der Waals surface area (Å²) in [6, 6.07) is 4.39. The van der Waals surface area contributed by atoms with E-state index < -0.39 is 0 Å². The molecule has 0 aliphatic rings. The highest BCUT2D eigenvalue weighted by Crippen LogP contribution is 2.28. The van der Waals surface area contributed by atoms with Gasteiger partial charge in [0.15, 0.2) is 5.82 Å². The zero-order valence-corrected chi connectivity index (χ0v) is 14.0. The Morgan fingerprint density at radius 3 is 2.10 bits per heavy atom. The molecule has 0 atom stereocenters. The third kappa shape index (κ3) is 3.07. The molecule has 0 aliphatic heterocycles. The molecule has 1 aromatic heterocycles. The van der Waals surface area contributed by atoms with Gasteiger partial charge in [0.25, 0.3) is 0 Å². The van der Waals surface area contributed by atoms with Crippen LogP contribution in [-0.2, 0) is 6.42 Å². The van der Waals surface area contributed by atoms with Crippen molar-refractivity contribution in [1.29, 1.82) is 0 Å². The summed E-state index contributed by atoms with van der Waals surface area (Å²) >= 11 is 0. The lowest BCUT2D eigenvalue weighted by atomic mass is 9.99. The number of nitrogens with one attached hydrogen (secondary N) is 1. The van der Waals surface area contributed by atoms with Crippen LogP contribution in [0.1, 0.15) is 41.8 Å². The van der Waals surface area contributed by atoms with Crippen LogP contribution in [0.5, 0.6) is 0 Å². The summed E-state index contributed by atoms with van der Waals surface area (Å²) in [5.74, 6) is 1.80. The molecule has 0 saturated carbocycles. The molecule has 0 amide bonds. The topological polar surface area (TPSA) is 37.8 Å². The molecule has 3 nitrogen and oxygen atoms in total. The summed E-state index contributed by atoms with van der Waals surface area (Å²) in [7, 11) is 0. The second-order valence-corrected chi connectivity index (χ2v) is 5.62. The first-order chi connectivity index (χ1) is 9.97. The molecular weight excluding hydrogens is 258 g/mol. The monoisotopic (exact) mass is 283 g/mol. The van der Waals surface area contributed by atoms with E-state index in [0.29, 0.717) is 0 Å². The first kappa shape index (κ1) is 15.5. The van der Waals surface area contributed by atoms with E-state index in [9.17, 15) is 0 Å². The lowest BCUT2D eigenvalue weighted by Gasteiger charge is -2.15. The minimum absolute atomic E-state index is 0.829. The zero-order valence-electron chi connectivity index (χ0n) is 14.0. The molecule has 1 aromatic carbocycles. The standard InChI is InChI=1S/C18H25N3/c1-7-15-14(6)20-18(21-17(15)19-8-2)16-12(4)9-11(3)10-13(16)5/h9-10H,7-8H2,1-6H3,(H,19,20,21). The van der Waals surface area contributed by atoms with Crippen molar-refractivity contribution in [2.45, 2.75) is 48.0 Å². The second-order valence-electron chi connectivity index (χ2n) is 5.62. The van der Waals surface area contributed by atoms with Crippen LogP contribution >= 0.6 is 0 Å². The molecular formula is C18H25N3. The summed E-state index contributed by atoms with van der Waals surface area (Å²) in [6.45, 7) is 13.6. The largest absolute Gasteiger partial charge is 0.370 e. The van der Waals surface area contributed by atoms with Gasteiger partial charge < -0.3 is 5.32 Å². The Morgan fingerprint density at radius 1 is 0.952 bits per heavy atom. The summed E-state index contributed by atoms with van der Waals surface area (Å²) in [5, 5.41) is 3.38. The van der Waals surface area contributed by atoms with Crippen molar-refractivity contribution in [2.24, 2.45) is 0 Å². The predicted molar refractivity (Wildman–Crippen MR) is 90.0 cm³/mol. The van der Waals surface area contributed by atoms with Crippen molar-refractivity contribution < 1.29 is 0 Å². The quantitative estimate of drug-likeness (QED) is 0.905. The number of aromatic nitrogens is 2. The summed E-state index contributed by atoms with van der Waals surface area (Å²) in [4.78, 5) is 9.55. The molecule has 3 heteroatoms. The van der Waals surface area contributed by atoms with Crippen molar-refractivity contribution in [3.63, 3.8) is 0 Å². The molecule has 1 heterocycles. The van der Waals surface area contributed by atoms with Crippen LogP contribution in [0.4, 0.5) is 5.82 Å². The minimum atomic E-state index is 0.829. The molecule has 1 N–H and O–H groups in total. The molecule has 0 bridgehead atoms. The maximum atomic E-state index is 4.79. The van der Waals surface area contributed by atoms with Crippen molar-refractivity contribution >= 4 is 5.82 Å². The van der Waals surface area contributed by atoms with Gasteiger partial charge in [-0.25, -0.2) is 9.97 Å². The third-order valence-electron chi connectivity index (χ3n) is 3.81. The fourth-order valence-electron chi connectivity index (χ4n) is 2.98. The number of hydrogen-bond acceptors (Lipinski definition) is 3. The average Bonchev–Trinajstić information content (AvgIpc) is 2.37. The molecule has 2 aromatic rings. The molecule has 2 rings (SSSR count). The van der Waals surface area contributed by atoms with Crippen molar-refractivity contribution in [3.8, 4) is 11.4 Å². The Hall–Kier alpha value is -1.90. The van der Waals surface area contributed by atoms with Crippen molar-refractivity contribution in [1.82, 2.24) is 9.97 Å². The number of aryl methyl sites for hydroxylation is 4. The lowest BCUT2D eigenvalue weighted by Crippen LogP contribution is -2.08. The van der Waals surface area contributed by atoms with Gasteiger partial charge in [-0.3, -0.25) is 0 Å². The summed E-state index contributed by atoms with van der Waals surface area (Å²) < 4.78 is 0. The summed E-state index contributed by atoms with van der Waals surface area (Å²) in [5.41, 5.74) is 7.19. The molecule has 0 saturated heterocycles. The predicted octanol–water partition coefficient (Wildman–Crippen LogP) is 4.37. The molecule has 0 unspecified atom stereocenters. The first-order valence-corrected chi connectivity index (χ1v) is 7.67. The second kappa shape index (κ2) is 6.25. The van der Waals surface area contributed by atoms with E-state index in [1.165, 1.54) is 22.3 Å². The van der Waals surface area contributed by atoms with Gasteiger partial charge in [-0.2, -0.15) is 0 Å². The molecule has 0 aliphatic carbocycles. The highest BCUT2D eigenvalue weighted by Gasteiger charge is 2.14. The Kier molecular flexibility index (Phi) is 4.61. The number of rotatable bonds is 4. The van der Waals surface area contributed by atoms with E-state index in [4.69, 9.17) is 9.97 Å². The van der Waals surface area contributed by atoms with E-state index in [1.807, 2.05) is 0 Å². The van der Waals surface area contributed by atoms with Gasteiger partial charge in [0.2, 0.25) is 0 Å². The van der Waals surface area contributed by atoms with Gasteiger partial charge in [0.05, 0.1) is 0 Å². The number of hydrogen-bond donors (Lipinski definition) is 1.